The molecule has 2 rings (SSSR count). The van der Waals surface area contributed by atoms with Crippen molar-refractivity contribution < 1.29 is 46.1 Å². The van der Waals surface area contributed by atoms with Crippen molar-refractivity contribution >= 4 is 11.4 Å². The van der Waals surface area contributed by atoms with Crippen LogP contribution >= 0.6 is 0 Å². The molecule has 0 bridgehead atoms. The molecule has 0 N–H and O–H groups in total. The summed E-state index contributed by atoms with van der Waals surface area (Å²) in [7, 11) is 0. The van der Waals surface area contributed by atoms with Crippen molar-refractivity contribution in [1.82, 2.24) is 0 Å². The van der Waals surface area contributed by atoms with Gasteiger partial charge in [0.25, 0.3) is 0 Å². The molecular formula is C18H28ClN3O3Zn+2. The second-order valence-electron chi connectivity index (χ2n) is 5.89. The van der Waals surface area contributed by atoms with Gasteiger partial charge in [-0.3, -0.25) is 0 Å². The summed E-state index contributed by atoms with van der Waals surface area (Å²) in [5.74, 6) is 1.33. The molecule has 26 heavy (non-hydrogen) atoms. The van der Waals surface area contributed by atoms with Gasteiger partial charge in [0.05, 0.1) is 38.2 Å². The van der Waals surface area contributed by atoms with Crippen LogP contribution in [0.2, 0.25) is 0 Å². The van der Waals surface area contributed by atoms with E-state index in [0.717, 1.165) is 50.2 Å². The number of unbranched alkanes of at least 4 members (excludes halogenated alkanes) is 2. The molecule has 1 fully saturated rings. The number of halogens is 1. The average Bonchev–Trinajstić information content (AvgIpc) is 2.63. The van der Waals surface area contributed by atoms with Gasteiger partial charge in [-0.1, -0.05) is 26.7 Å². The average molecular weight is 435 g/mol. The Morgan fingerprint density at radius 2 is 1.62 bits per heavy atom. The van der Waals surface area contributed by atoms with Crippen LogP contribution in [0.25, 0.3) is 4.98 Å². The maximum absolute atomic E-state index is 9.33. The van der Waals surface area contributed by atoms with Crippen LogP contribution in [-0.4, -0.2) is 39.5 Å². The number of nitrogens with zero attached hydrogens (tertiary/aromatic N) is 3. The summed E-state index contributed by atoms with van der Waals surface area (Å²) in [5.41, 5.74) is 1.39. The summed E-state index contributed by atoms with van der Waals surface area (Å²) >= 11 is 0. The molecule has 140 valence electrons. The van der Waals surface area contributed by atoms with Gasteiger partial charge >= 0.3 is 25.2 Å². The number of benzene rings is 1. The second kappa shape index (κ2) is 14.0. The Bertz CT molecular complexity index is 563. The molecule has 0 radical (unpaired) electrons. The van der Waals surface area contributed by atoms with Crippen LogP contribution in [0.5, 0.6) is 11.5 Å². The van der Waals surface area contributed by atoms with Crippen LogP contribution in [0, 0.1) is 5.39 Å². The minimum absolute atomic E-state index is 0. The fourth-order valence-corrected chi connectivity index (χ4v) is 2.55. The van der Waals surface area contributed by atoms with Crippen LogP contribution in [0.4, 0.5) is 11.4 Å². The maximum Gasteiger partial charge on any atom is 2.00 e. The summed E-state index contributed by atoms with van der Waals surface area (Å²) in [6, 6.07) is 3.69. The van der Waals surface area contributed by atoms with Crippen molar-refractivity contribution in [1.29, 1.82) is 5.39 Å². The molecule has 1 aliphatic heterocycles. The molecule has 1 aromatic carbocycles. The van der Waals surface area contributed by atoms with Crippen molar-refractivity contribution in [2.24, 2.45) is 0 Å². The van der Waals surface area contributed by atoms with Gasteiger partial charge < -0.3 is 31.5 Å². The van der Waals surface area contributed by atoms with Crippen LogP contribution in [0.1, 0.15) is 39.5 Å². The molecule has 0 amide bonds. The van der Waals surface area contributed by atoms with Crippen molar-refractivity contribution in [3.63, 3.8) is 0 Å². The minimum Gasteiger partial charge on any atom is -1.00 e. The van der Waals surface area contributed by atoms with Crippen molar-refractivity contribution in [3.8, 4) is 11.5 Å². The minimum atomic E-state index is 0. The Morgan fingerprint density at radius 3 is 2.15 bits per heavy atom. The van der Waals surface area contributed by atoms with Gasteiger partial charge in [0.1, 0.15) is 0 Å². The van der Waals surface area contributed by atoms with E-state index in [0.29, 0.717) is 37.9 Å². The Labute approximate surface area is 175 Å². The third-order valence-corrected chi connectivity index (χ3v) is 4.01. The van der Waals surface area contributed by atoms with Gasteiger partial charge in [-0.15, -0.1) is 0 Å². The number of rotatable bonds is 9. The molecule has 1 aliphatic rings. The fraction of sp³-hybridized carbons (Fsp3) is 0.667. The van der Waals surface area contributed by atoms with E-state index in [1.165, 1.54) is 0 Å². The zero-order valence-electron chi connectivity index (χ0n) is 15.9. The van der Waals surface area contributed by atoms with Crippen molar-refractivity contribution in [3.05, 3.63) is 17.1 Å². The molecule has 6 nitrogen and oxygen atoms in total. The first-order valence-electron chi connectivity index (χ1n) is 8.91. The number of diazo groups is 1. The zero-order valence-corrected chi connectivity index (χ0v) is 19.6. The number of anilines is 1. The summed E-state index contributed by atoms with van der Waals surface area (Å²) in [5, 5.41) is 9.33. The Balaban J connectivity index is 0.00000312. The molecule has 0 aromatic heterocycles. The third-order valence-electron chi connectivity index (χ3n) is 4.01. The van der Waals surface area contributed by atoms with Crippen molar-refractivity contribution in [2.75, 3.05) is 44.4 Å². The Kier molecular flexibility index (Phi) is 13.4. The Morgan fingerprint density at radius 1 is 1.04 bits per heavy atom. The van der Waals surface area contributed by atoms with Crippen LogP contribution in [0.15, 0.2) is 12.1 Å². The predicted octanol–water partition coefficient (Wildman–Crippen LogP) is 1.37. The first-order valence-corrected chi connectivity index (χ1v) is 8.91. The summed E-state index contributed by atoms with van der Waals surface area (Å²) < 4.78 is 17.2. The van der Waals surface area contributed by atoms with Gasteiger partial charge in [0.15, 0.2) is 10.7 Å². The first kappa shape index (κ1) is 24.9. The molecule has 8 heteroatoms. The largest absolute Gasteiger partial charge is 2.00 e. The molecule has 0 unspecified atom stereocenters. The molecule has 0 aliphatic carbocycles. The smallest absolute Gasteiger partial charge is 1.00 e. The molecular weight excluding hydrogens is 407 g/mol. The first-order chi connectivity index (χ1) is 11.8. The maximum atomic E-state index is 9.33. The normalized spacial score (nSPS) is 13.2. The SMILES string of the molecule is CCCCOc1cc(N2CCOCC2)c(OCCCC)cc1[N+]#N.[Cl-].[Zn+2]. The molecule has 1 saturated heterocycles. The predicted molar refractivity (Wildman–Crippen MR) is 95.0 cm³/mol. The number of hydrogen-bond donors (Lipinski definition) is 0. The van der Waals surface area contributed by atoms with E-state index in [-0.39, 0.29) is 31.9 Å². The van der Waals surface area contributed by atoms with E-state index in [2.05, 4.69) is 23.7 Å². The Hall–Kier alpha value is -1.09. The van der Waals surface area contributed by atoms with E-state index >= 15 is 0 Å². The molecule has 1 aromatic rings. The second-order valence-corrected chi connectivity index (χ2v) is 5.89. The van der Waals surface area contributed by atoms with E-state index in [1.807, 2.05) is 6.07 Å². The molecule has 1 heterocycles. The molecule has 0 spiro atoms. The van der Waals surface area contributed by atoms with Crippen LogP contribution in [-0.2, 0) is 24.2 Å². The third kappa shape index (κ3) is 7.27. The quantitative estimate of drug-likeness (QED) is 0.333. The summed E-state index contributed by atoms with van der Waals surface area (Å²) in [6.07, 6.45) is 4.08. The van der Waals surface area contributed by atoms with E-state index in [9.17, 15) is 5.39 Å². The molecule has 0 saturated carbocycles. The fourth-order valence-electron chi connectivity index (χ4n) is 2.55. The van der Waals surface area contributed by atoms with E-state index in [1.54, 1.807) is 6.07 Å². The van der Waals surface area contributed by atoms with E-state index in [4.69, 9.17) is 14.2 Å². The molecule has 0 atom stereocenters. The summed E-state index contributed by atoms with van der Waals surface area (Å²) in [4.78, 5) is 5.61. The standard InChI is InChI=1S/C18H28N3O3.ClH.Zn/c1-3-5-9-23-17-14-16(21-7-11-22-12-8-21)18(13-15(17)20-19)24-10-6-4-2;;/h13-14H,3-12H2,1-2H3;1H;/q+1;;+2/p-1. The van der Waals surface area contributed by atoms with Gasteiger partial charge in [0.2, 0.25) is 11.1 Å². The van der Waals surface area contributed by atoms with Crippen LogP contribution in [0.3, 0.4) is 0 Å². The van der Waals surface area contributed by atoms with Gasteiger partial charge in [0, 0.05) is 19.2 Å². The van der Waals surface area contributed by atoms with Crippen LogP contribution < -0.4 is 26.8 Å². The van der Waals surface area contributed by atoms with E-state index < -0.39 is 0 Å². The van der Waals surface area contributed by atoms with Gasteiger partial charge in [-0.25, -0.2) is 0 Å². The monoisotopic (exact) mass is 433 g/mol. The van der Waals surface area contributed by atoms with Gasteiger partial charge in [-0.05, 0) is 12.8 Å². The summed E-state index contributed by atoms with van der Waals surface area (Å²) in [6.45, 7) is 8.53. The number of morpholine rings is 1. The van der Waals surface area contributed by atoms with Crippen molar-refractivity contribution in [2.45, 2.75) is 39.5 Å². The van der Waals surface area contributed by atoms with Gasteiger partial charge in [-0.2, -0.15) is 0 Å². The zero-order chi connectivity index (χ0) is 17.2. The number of hydrogen-bond acceptors (Lipinski definition) is 5. The number of ether oxygens (including phenoxy) is 3. The topological polar surface area (TPSA) is 59.1 Å².